The molecule has 7 atom stereocenters. The van der Waals surface area contributed by atoms with Crippen LogP contribution in [0.4, 0.5) is 4.39 Å². The first kappa shape index (κ1) is 17.4. The quantitative estimate of drug-likeness (QED) is 0.829. The minimum Gasteiger partial charge on any atom is -0.389 e. The van der Waals surface area contributed by atoms with Crippen molar-refractivity contribution in [3.8, 4) is 0 Å². The number of allylic oxidation sites excluding steroid dienone is 1. The van der Waals surface area contributed by atoms with Gasteiger partial charge in [-0.3, -0.25) is 9.59 Å². The summed E-state index contributed by atoms with van der Waals surface area (Å²) in [4.78, 5) is 24.1. The Labute approximate surface area is 149 Å². The van der Waals surface area contributed by atoms with Crippen molar-refractivity contribution in [3.05, 3.63) is 11.6 Å². The Morgan fingerprint density at radius 3 is 2.72 bits per heavy atom. The highest BCUT2D eigenvalue weighted by atomic mass is 19.1. The molecule has 4 aliphatic rings. The molecular weight excluding hydrogens is 319 g/mol. The molecule has 0 aromatic heterocycles. The van der Waals surface area contributed by atoms with Gasteiger partial charge in [-0.05, 0) is 73.2 Å². The second-order valence-electron chi connectivity index (χ2n) is 9.37. The molecule has 4 rings (SSSR count). The van der Waals surface area contributed by atoms with Crippen molar-refractivity contribution in [1.82, 2.24) is 0 Å². The van der Waals surface area contributed by atoms with Crippen molar-refractivity contribution in [2.75, 3.05) is 6.61 Å². The van der Waals surface area contributed by atoms with Gasteiger partial charge in [0.1, 0.15) is 12.8 Å². The van der Waals surface area contributed by atoms with Crippen LogP contribution < -0.4 is 0 Å². The van der Waals surface area contributed by atoms with Crippen LogP contribution in [0.3, 0.4) is 0 Å². The van der Waals surface area contributed by atoms with Gasteiger partial charge in [0.15, 0.2) is 11.6 Å². The standard InChI is InChI=1S/C21H29FO3/c1-20-7-5-13(24)9-12(20)3-4-14-15(20)6-8-21(2)16(14)10-17(22)19(21)18(25)11-23/h9,14-17,19,23H,3-8,10-11H2,1-2H3/t14-,15+,16+,17-,19-,20+,21+/m1/s1. The third-order valence-electron chi connectivity index (χ3n) is 8.45. The van der Waals surface area contributed by atoms with Crippen molar-refractivity contribution in [2.45, 2.75) is 65.0 Å². The van der Waals surface area contributed by atoms with Crippen molar-refractivity contribution >= 4 is 11.6 Å². The summed E-state index contributed by atoms with van der Waals surface area (Å²) >= 11 is 0. The van der Waals surface area contributed by atoms with Crippen LogP contribution in [0.25, 0.3) is 0 Å². The van der Waals surface area contributed by atoms with Gasteiger partial charge in [0.25, 0.3) is 0 Å². The number of carbonyl (C=O) groups excluding carboxylic acids is 2. The zero-order valence-electron chi connectivity index (χ0n) is 15.3. The molecule has 3 saturated carbocycles. The molecule has 4 heteroatoms. The smallest absolute Gasteiger partial charge is 0.164 e. The molecule has 3 nitrogen and oxygen atoms in total. The third-order valence-corrected chi connectivity index (χ3v) is 8.45. The molecule has 0 radical (unpaired) electrons. The fourth-order valence-electron chi connectivity index (χ4n) is 7.20. The van der Waals surface area contributed by atoms with Gasteiger partial charge in [-0.1, -0.05) is 19.4 Å². The fourth-order valence-corrected chi connectivity index (χ4v) is 7.20. The van der Waals surface area contributed by atoms with Crippen LogP contribution >= 0.6 is 0 Å². The minimum atomic E-state index is -1.12. The lowest BCUT2D eigenvalue weighted by atomic mass is 9.46. The number of aliphatic hydroxyl groups excluding tert-OH is 1. The van der Waals surface area contributed by atoms with Crippen LogP contribution in [0.5, 0.6) is 0 Å². The monoisotopic (exact) mass is 348 g/mol. The molecule has 25 heavy (non-hydrogen) atoms. The summed E-state index contributed by atoms with van der Waals surface area (Å²) in [6.07, 6.45) is 6.57. The van der Waals surface area contributed by atoms with Gasteiger partial charge < -0.3 is 5.11 Å². The number of alkyl halides is 1. The minimum absolute atomic E-state index is 0.0725. The molecule has 4 aliphatic carbocycles. The molecule has 138 valence electrons. The highest BCUT2D eigenvalue weighted by molar-refractivity contribution is 5.91. The van der Waals surface area contributed by atoms with Gasteiger partial charge in [-0.2, -0.15) is 0 Å². The van der Waals surface area contributed by atoms with Gasteiger partial charge in [-0.25, -0.2) is 4.39 Å². The number of hydrogen-bond acceptors (Lipinski definition) is 3. The molecule has 0 saturated heterocycles. The summed E-state index contributed by atoms with van der Waals surface area (Å²) in [5.41, 5.74) is 1.07. The molecule has 0 amide bonds. The average Bonchev–Trinajstić information content (AvgIpc) is 2.85. The first-order valence-corrected chi connectivity index (χ1v) is 9.83. The van der Waals surface area contributed by atoms with E-state index in [1.165, 1.54) is 5.57 Å². The molecule has 0 spiro atoms. The van der Waals surface area contributed by atoms with Gasteiger partial charge in [0.2, 0.25) is 0 Å². The second kappa shape index (κ2) is 5.73. The summed E-state index contributed by atoms with van der Waals surface area (Å²) < 4.78 is 14.8. The van der Waals surface area contributed by atoms with Crippen molar-refractivity contribution in [3.63, 3.8) is 0 Å². The van der Waals surface area contributed by atoms with E-state index in [0.29, 0.717) is 24.7 Å². The molecule has 0 heterocycles. The van der Waals surface area contributed by atoms with E-state index in [-0.39, 0.29) is 28.3 Å². The lowest BCUT2D eigenvalue weighted by molar-refractivity contribution is -0.135. The molecule has 1 N–H and O–H groups in total. The Morgan fingerprint density at radius 2 is 2.00 bits per heavy atom. The Bertz CT molecular complexity index is 641. The maximum absolute atomic E-state index is 14.8. The molecular formula is C21H29FO3. The Balaban J connectivity index is 1.67. The fraction of sp³-hybridized carbons (Fsp3) is 0.810. The second-order valence-corrected chi connectivity index (χ2v) is 9.37. The topological polar surface area (TPSA) is 54.4 Å². The number of ketones is 2. The van der Waals surface area contributed by atoms with Crippen LogP contribution in [0.15, 0.2) is 11.6 Å². The number of rotatable bonds is 2. The largest absolute Gasteiger partial charge is 0.389 e. The van der Waals surface area contributed by atoms with Gasteiger partial charge in [0, 0.05) is 6.42 Å². The summed E-state index contributed by atoms with van der Waals surface area (Å²) in [5.74, 6) is 0.447. The lowest BCUT2D eigenvalue weighted by Crippen LogP contribution is -2.51. The normalized spacial score (nSPS) is 49.0. The first-order valence-electron chi connectivity index (χ1n) is 9.83. The maximum atomic E-state index is 14.8. The van der Waals surface area contributed by atoms with Crippen molar-refractivity contribution in [2.24, 2.45) is 34.5 Å². The van der Waals surface area contributed by atoms with Crippen molar-refractivity contribution in [1.29, 1.82) is 0 Å². The SMILES string of the molecule is C[C@]12CC[C@H]3[C@@H](CCC4=CC(=O)CC[C@@]43C)[C@@H]1C[C@@H](F)[C@@H]2C(=O)CO. The molecule has 3 fully saturated rings. The predicted molar refractivity (Wildman–Crippen MR) is 92.6 cm³/mol. The number of Topliss-reactive ketones (excluding diaryl/α,β-unsaturated/α-hetero) is 1. The van der Waals surface area contributed by atoms with Gasteiger partial charge in [-0.15, -0.1) is 0 Å². The van der Waals surface area contributed by atoms with E-state index < -0.39 is 18.7 Å². The lowest BCUT2D eigenvalue weighted by Gasteiger charge is -2.57. The molecule has 0 bridgehead atoms. The van der Waals surface area contributed by atoms with E-state index >= 15 is 0 Å². The maximum Gasteiger partial charge on any atom is 0.164 e. The third kappa shape index (κ3) is 2.32. The summed E-state index contributed by atoms with van der Waals surface area (Å²) in [7, 11) is 0. The number of fused-ring (bicyclic) bond motifs is 5. The molecule has 0 aromatic carbocycles. The first-order chi connectivity index (χ1) is 11.8. The van der Waals surface area contributed by atoms with E-state index in [2.05, 4.69) is 13.8 Å². The van der Waals surface area contributed by atoms with E-state index in [9.17, 15) is 19.1 Å². The summed E-state index contributed by atoms with van der Waals surface area (Å²) in [6.45, 7) is 3.85. The van der Waals surface area contributed by atoms with E-state index in [4.69, 9.17) is 0 Å². The van der Waals surface area contributed by atoms with E-state index in [1.807, 2.05) is 6.08 Å². The number of carbonyl (C=O) groups is 2. The average molecular weight is 348 g/mol. The van der Waals surface area contributed by atoms with E-state index in [1.54, 1.807) is 0 Å². The van der Waals surface area contributed by atoms with E-state index in [0.717, 1.165) is 32.1 Å². The Kier molecular flexibility index (Phi) is 3.99. The zero-order chi connectivity index (χ0) is 18.0. The molecule has 0 unspecified atom stereocenters. The Morgan fingerprint density at radius 1 is 1.24 bits per heavy atom. The van der Waals surface area contributed by atoms with Gasteiger partial charge >= 0.3 is 0 Å². The summed E-state index contributed by atoms with van der Waals surface area (Å²) in [6, 6.07) is 0. The predicted octanol–water partition coefficient (Wildman–Crippen LogP) is 3.64. The molecule has 0 aromatic rings. The molecule has 0 aliphatic heterocycles. The highest BCUT2D eigenvalue weighted by Crippen LogP contribution is 2.67. The van der Waals surface area contributed by atoms with Crippen LogP contribution in [0.2, 0.25) is 0 Å². The van der Waals surface area contributed by atoms with Crippen LogP contribution in [0.1, 0.15) is 58.8 Å². The Hall–Kier alpha value is -1.03. The van der Waals surface area contributed by atoms with Gasteiger partial charge in [0.05, 0.1) is 5.92 Å². The zero-order valence-corrected chi connectivity index (χ0v) is 15.3. The number of hydrogen-bond donors (Lipinski definition) is 1. The highest BCUT2D eigenvalue weighted by Gasteiger charge is 2.63. The van der Waals surface area contributed by atoms with Crippen LogP contribution in [-0.2, 0) is 9.59 Å². The van der Waals surface area contributed by atoms with Crippen molar-refractivity contribution < 1.29 is 19.1 Å². The number of aliphatic hydroxyl groups is 1. The van der Waals surface area contributed by atoms with Crippen LogP contribution in [0, 0.1) is 34.5 Å². The van der Waals surface area contributed by atoms with Crippen LogP contribution in [-0.4, -0.2) is 29.5 Å². The number of halogens is 1. The summed E-state index contributed by atoms with van der Waals surface area (Å²) in [5, 5.41) is 9.31.